The fraction of sp³-hybridized carbons (Fsp3) is 1.00. The van der Waals surface area contributed by atoms with Gasteiger partial charge in [0.15, 0.2) is 0 Å². The van der Waals surface area contributed by atoms with Crippen molar-refractivity contribution in [2.45, 2.75) is 47.0 Å². The molecule has 1 fully saturated rings. The second-order valence-corrected chi connectivity index (χ2v) is 4.98. The largest absolute Gasteiger partial charge is 0.0625 e. The van der Waals surface area contributed by atoms with Crippen LogP contribution in [0.3, 0.4) is 0 Å². The Labute approximate surface area is 65.0 Å². The average molecular weight is 140 g/mol. The van der Waals surface area contributed by atoms with Crippen LogP contribution < -0.4 is 0 Å². The van der Waals surface area contributed by atoms with Gasteiger partial charge in [-0.05, 0) is 30.1 Å². The van der Waals surface area contributed by atoms with Gasteiger partial charge < -0.3 is 0 Å². The van der Waals surface area contributed by atoms with Gasteiger partial charge in [0.05, 0.1) is 0 Å². The summed E-state index contributed by atoms with van der Waals surface area (Å²) in [6.07, 6.45) is 4.39. The minimum atomic E-state index is 0.560. The average Bonchev–Trinajstić information content (AvgIpc) is 2.11. The minimum absolute atomic E-state index is 0.560. The number of rotatable bonds is 0. The van der Waals surface area contributed by atoms with Gasteiger partial charge in [0.2, 0.25) is 0 Å². The molecule has 0 N–H and O–H groups in total. The Bertz CT molecular complexity index is 108. The first-order valence-electron chi connectivity index (χ1n) is 4.50. The molecule has 0 bridgehead atoms. The summed E-state index contributed by atoms with van der Waals surface area (Å²) in [7, 11) is 0. The Morgan fingerprint density at radius 3 is 1.90 bits per heavy atom. The molecule has 2 atom stereocenters. The third-order valence-electron chi connectivity index (χ3n) is 2.92. The SMILES string of the molecule is CC1CC[C@H](C(C)(C)C)C1. The van der Waals surface area contributed by atoms with Gasteiger partial charge in [-0.3, -0.25) is 0 Å². The molecule has 1 aliphatic rings. The second-order valence-electron chi connectivity index (χ2n) is 4.98. The van der Waals surface area contributed by atoms with Crippen LogP contribution in [0.15, 0.2) is 0 Å². The smallest absolute Gasteiger partial charge is 0.0354 e. The van der Waals surface area contributed by atoms with Crippen molar-refractivity contribution in [3.8, 4) is 0 Å². The molecule has 0 spiro atoms. The molecule has 0 radical (unpaired) electrons. The van der Waals surface area contributed by atoms with Gasteiger partial charge in [-0.1, -0.05) is 34.1 Å². The molecular weight excluding hydrogens is 120 g/mol. The first kappa shape index (κ1) is 8.10. The van der Waals surface area contributed by atoms with Crippen molar-refractivity contribution >= 4 is 0 Å². The van der Waals surface area contributed by atoms with Gasteiger partial charge >= 0.3 is 0 Å². The van der Waals surface area contributed by atoms with E-state index < -0.39 is 0 Å². The van der Waals surface area contributed by atoms with E-state index in [1.165, 1.54) is 19.3 Å². The van der Waals surface area contributed by atoms with Crippen LogP contribution in [0.4, 0.5) is 0 Å². The molecule has 1 unspecified atom stereocenters. The molecule has 60 valence electrons. The van der Waals surface area contributed by atoms with E-state index in [0.29, 0.717) is 5.41 Å². The van der Waals surface area contributed by atoms with Crippen molar-refractivity contribution in [1.29, 1.82) is 0 Å². The van der Waals surface area contributed by atoms with Crippen molar-refractivity contribution in [2.75, 3.05) is 0 Å². The molecule has 0 heterocycles. The summed E-state index contributed by atoms with van der Waals surface area (Å²) in [5.74, 6) is 1.98. The predicted octanol–water partition coefficient (Wildman–Crippen LogP) is 3.47. The monoisotopic (exact) mass is 140 g/mol. The number of hydrogen-bond donors (Lipinski definition) is 0. The van der Waals surface area contributed by atoms with E-state index in [2.05, 4.69) is 27.7 Å². The van der Waals surface area contributed by atoms with E-state index in [1.54, 1.807) is 0 Å². The van der Waals surface area contributed by atoms with Crippen LogP contribution in [0.25, 0.3) is 0 Å². The summed E-state index contributed by atoms with van der Waals surface area (Å²) >= 11 is 0. The highest BCUT2D eigenvalue weighted by Crippen LogP contribution is 2.41. The van der Waals surface area contributed by atoms with Gasteiger partial charge in [0, 0.05) is 0 Å². The Kier molecular flexibility index (Phi) is 2.07. The van der Waals surface area contributed by atoms with E-state index in [1.807, 2.05) is 0 Å². The maximum absolute atomic E-state index is 2.38. The van der Waals surface area contributed by atoms with Crippen LogP contribution in [0, 0.1) is 17.3 Å². The lowest BCUT2D eigenvalue weighted by Gasteiger charge is -2.26. The van der Waals surface area contributed by atoms with Crippen LogP contribution in [-0.2, 0) is 0 Å². The lowest BCUT2D eigenvalue weighted by atomic mass is 9.79. The normalized spacial score (nSPS) is 34.8. The summed E-state index contributed by atoms with van der Waals surface area (Å²) in [5.41, 5.74) is 0.560. The van der Waals surface area contributed by atoms with E-state index in [-0.39, 0.29) is 0 Å². The molecule has 0 aromatic carbocycles. The van der Waals surface area contributed by atoms with Gasteiger partial charge in [-0.25, -0.2) is 0 Å². The van der Waals surface area contributed by atoms with E-state index in [4.69, 9.17) is 0 Å². The molecule has 1 saturated carbocycles. The zero-order valence-corrected chi connectivity index (χ0v) is 7.78. The summed E-state index contributed by atoms with van der Waals surface area (Å²) in [6, 6.07) is 0. The van der Waals surface area contributed by atoms with Crippen molar-refractivity contribution in [3.63, 3.8) is 0 Å². The first-order valence-corrected chi connectivity index (χ1v) is 4.50. The summed E-state index contributed by atoms with van der Waals surface area (Å²) < 4.78 is 0. The molecular formula is C10H20. The zero-order chi connectivity index (χ0) is 7.78. The molecule has 1 aliphatic carbocycles. The molecule has 1 rings (SSSR count). The third kappa shape index (κ3) is 1.74. The van der Waals surface area contributed by atoms with E-state index in [9.17, 15) is 0 Å². The Hall–Kier alpha value is 0. The summed E-state index contributed by atoms with van der Waals surface area (Å²) in [5, 5.41) is 0. The topological polar surface area (TPSA) is 0 Å². The van der Waals surface area contributed by atoms with Crippen LogP contribution in [0.5, 0.6) is 0 Å². The van der Waals surface area contributed by atoms with Crippen LogP contribution >= 0.6 is 0 Å². The fourth-order valence-corrected chi connectivity index (χ4v) is 1.99. The van der Waals surface area contributed by atoms with Crippen molar-refractivity contribution in [2.24, 2.45) is 17.3 Å². The van der Waals surface area contributed by atoms with Crippen LogP contribution in [0.2, 0.25) is 0 Å². The lowest BCUT2D eigenvalue weighted by molar-refractivity contribution is 0.240. The maximum Gasteiger partial charge on any atom is -0.0354 e. The van der Waals surface area contributed by atoms with Gasteiger partial charge in [0.1, 0.15) is 0 Å². The van der Waals surface area contributed by atoms with E-state index in [0.717, 1.165) is 11.8 Å². The zero-order valence-electron chi connectivity index (χ0n) is 7.78. The fourth-order valence-electron chi connectivity index (χ4n) is 1.99. The molecule has 0 saturated heterocycles. The molecule has 10 heavy (non-hydrogen) atoms. The van der Waals surface area contributed by atoms with Crippen molar-refractivity contribution in [1.82, 2.24) is 0 Å². The minimum Gasteiger partial charge on any atom is -0.0625 e. The van der Waals surface area contributed by atoms with Crippen LogP contribution in [0.1, 0.15) is 47.0 Å². The molecule has 0 aromatic rings. The van der Waals surface area contributed by atoms with Crippen LogP contribution in [-0.4, -0.2) is 0 Å². The Morgan fingerprint density at radius 2 is 1.70 bits per heavy atom. The Morgan fingerprint density at radius 1 is 1.10 bits per heavy atom. The highest BCUT2D eigenvalue weighted by molar-refractivity contribution is 4.81. The highest BCUT2D eigenvalue weighted by Gasteiger charge is 2.30. The van der Waals surface area contributed by atoms with E-state index >= 15 is 0 Å². The third-order valence-corrected chi connectivity index (χ3v) is 2.92. The summed E-state index contributed by atoms with van der Waals surface area (Å²) in [6.45, 7) is 9.49. The Balaban J connectivity index is 2.45. The lowest BCUT2D eigenvalue weighted by Crippen LogP contribution is -2.17. The molecule has 0 heteroatoms. The molecule has 0 aliphatic heterocycles. The van der Waals surface area contributed by atoms with Gasteiger partial charge in [-0.2, -0.15) is 0 Å². The van der Waals surface area contributed by atoms with Crippen molar-refractivity contribution in [3.05, 3.63) is 0 Å². The standard InChI is InChI=1S/C10H20/c1-8-5-6-9(7-8)10(2,3)4/h8-9H,5-7H2,1-4H3/t8?,9-/m0/s1. The maximum atomic E-state index is 2.38. The summed E-state index contributed by atoms with van der Waals surface area (Å²) in [4.78, 5) is 0. The quantitative estimate of drug-likeness (QED) is 0.483. The number of hydrogen-bond acceptors (Lipinski definition) is 0. The van der Waals surface area contributed by atoms with Gasteiger partial charge in [0.25, 0.3) is 0 Å². The molecule has 0 aromatic heterocycles. The highest BCUT2D eigenvalue weighted by atomic mass is 14.4. The van der Waals surface area contributed by atoms with Crippen molar-refractivity contribution < 1.29 is 0 Å². The van der Waals surface area contributed by atoms with Gasteiger partial charge in [-0.15, -0.1) is 0 Å². The predicted molar refractivity (Wildman–Crippen MR) is 46.0 cm³/mol. The first-order chi connectivity index (χ1) is 4.50. The molecule has 0 amide bonds. The molecule has 0 nitrogen and oxygen atoms in total. The second kappa shape index (κ2) is 2.56.